The molecule has 4 aromatic heterocycles. The van der Waals surface area contributed by atoms with Gasteiger partial charge in [0.2, 0.25) is 5.95 Å². The highest BCUT2D eigenvalue weighted by Crippen LogP contribution is 2.40. The van der Waals surface area contributed by atoms with Gasteiger partial charge in [0.15, 0.2) is 11.6 Å². The summed E-state index contributed by atoms with van der Waals surface area (Å²) in [5.74, 6) is 1.82. The van der Waals surface area contributed by atoms with Crippen LogP contribution in [0.4, 0.5) is 0 Å². The summed E-state index contributed by atoms with van der Waals surface area (Å²) >= 11 is 0. The first-order valence-electron chi connectivity index (χ1n) is 20.8. The predicted octanol–water partition coefficient (Wildman–Crippen LogP) is 13.8. The normalized spacial score (nSPS) is 11.5. The third kappa shape index (κ3) is 6.04. The standard InChI is InChI=1S/C56H36N6/c1-4-17-37(18-5-1)40-23-14-24-41(33-40)48-29-16-30-49(57-48)42-25-15-26-43(34-42)61-50-31-12-10-27-44(50)46-36-53-47(35-52(46)61)45-28-11-13-32-51(45)62(53)56-59-54(38-19-6-2-7-20-38)58-55(60-56)39-21-8-3-9-22-39/h1-36H. The lowest BCUT2D eigenvalue weighted by atomic mass is 10.0. The van der Waals surface area contributed by atoms with Crippen molar-refractivity contribution in [2.45, 2.75) is 0 Å². The summed E-state index contributed by atoms with van der Waals surface area (Å²) in [5, 5.41) is 4.54. The molecule has 12 rings (SSSR count). The first-order chi connectivity index (χ1) is 30.7. The number of benzene rings is 8. The molecule has 4 heterocycles. The second-order valence-electron chi connectivity index (χ2n) is 15.5. The molecule has 290 valence electrons. The van der Waals surface area contributed by atoms with Gasteiger partial charge in [-0.05, 0) is 65.7 Å². The van der Waals surface area contributed by atoms with Crippen molar-refractivity contribution in [2.75, 3.05) is 0 Å². The molecule has 6 nitrogen and oxygen atoms in total. The van der Waals surface area contributed by atoms with Crippen molar-refractivity contribution in [2.24, 2.45) is 0 Å². The van der Waals surface area contributed by atoms with Crippen LogP contribution in [0.5, 0.6) is 0 Å². The first kappa shape index (κ1) is 35.5. The van der Waals surface area contributed by atoms with Crippen LogP contribution in [0.3, 0.4) is 0 Å². The van der Waals surface area contributed by atoms with Gasteiger partial charge in [-0.25, -0.2) is 9.97 Å². The average Bonchev–Trinajstić information content (AvgIpc) is 3.86. The molecule has 6 heteroatoms. The maximum absolute atomic E-state index is 5.22. The Balaban J connectivity index is 1.03. The Morgan fingerprint density at radius 2 is 0.710 bits per heavy atom. The molecule has 0 aliphatic heterocycles. The van der Waals surface area contributed by atoms with Gasteiger partial charge in [0.25, 0.3) is 0 Å². The fraction of sp³-hybridized carbons (Fsp3) is 0. The van der Waals surface area contributed by atoms with Crippen LogP contribution in [0.15, 0.2) is 218 Å². The number of fused-ring (bicyclic) bond motifs is 6. The number of pyridine rings is 1. The second-order valence-corrected chi connectivity index (χ2v) is 15.5. The number of rotatable bonds is 7. The van der Waals surface area contributed by atoms with E-state index in [1.165, 1.54) is 11.1 Å². The molecule has 0 fully saturated rings. The van der Waals surface area contributed by atoms with Gasteiger partial charge in [0.1, 0.15) is 0 Å². The topological polar surface area (TPSA) is 61.4 Å². The molecule has 62 heavy (non-hydrogen) atoms. The third-order valence-electron chi connectivity index (χ3n) is 11.8. The zero-order valence-corrected chi connectivity index (χ0v) is 33.5. The lowest BCUT2D eigenvalue weighted by molar-refractivity contribution is 0.954. The van der Waals surface area contributed by atoms with Gasteiger partial charge in [-0.3, -0.25) is 4.57 Å². The first-order valence-corrected chi connectivity index (χ1v) is 20.8. The molecule has 0 bridgehead atoms. The van der Waals surface area contributed by atoms with E-state index in [4.69, 9.17) is 19.9 Å². The molecule has 0 saturated carbocycles. The van der Waals surface area contributed by atoms with E-state index in [1.807, 2.05) is 66.7 Å². The SMILES string of the molecule is c1ccc(-c2cccc(-c3cccc(-c4cccc(-n5c6ccccc6c6cc7c(cc65)c5ccccc5n7-c5nc(-c6ccccc6)nc(-c6ccccc6)n5)c4)n3)c2)cc1. The van der Waals surface area contributed by atoms with Crippen molar-refractivity contribution in [3.05, 3.63) is 218 Å². The highest BCUT2D eigenvalue weighted by molar-refractivity contribution is 6.19. The van der Waals surface area contributed by atoms with Gasteiger partial charge in [0, 0.05) is 49.5 Å². The van der Waals surface area contributed by atoms with E-state index >= 15 is 0 Å². The summed E-state index contributed by atoms with van der Waals surface area (Å²) in [6, 6.07) is 76.3. The Kier molecular flexibility index (Phi) is 8.38. The van der Waals surface area contributed by atoms with E-state index in [-0.39, 0.29) is 0 Å². The zero-order valence-electron chi connectivity index (χ0n) is 33.5. The van der Waals surface area contributed by atoms with Crippen LogP contribution in [0.2, 0.25) is 0 Å². The van der Waals surface area contributed by atoms with E-state index < -0.39 is 0 Å². The predicted molar refractivity (Wildman–Crippen MR) is 253 cm³/mol. The van der Waals surface area contributed by atoms with Crippen LogP contribution in [0.1, 0.15) is 0 Å². The highest BCUT2D eigenvalue weighted by atomic mass is 15.2. The maximum Gasteiger partial charge on any atom is 0.238 e. The van der Waals surface area contributed by atoms with E-state index in [0.29, 0.717) is 17.6 Å². The number of para-hydroxylation sites is 2. The van der Waals surface area contributed by atoms with Crippen molar-refractivity contribution >= 4 is 43.6 Å². The summed E-state index contributed by atoms with van der Waals surface area (Å²) in [7, 11) is 0. The molecule has 12 aromatic rings. The quantitative estimate of drug-likeness (QED) is 0.161. The Morgan fingerprint density at radius 1 is 0.258 bits per heavy atom. The monoisotopic (exact) mass is 792 g/mol. The minimum atomic E-state index is 0.571. The van der Waals surface area contributed by atoms with Crippen LogP contribution in [0.25, 0.3) is 112 Å². The lowest BCUT2D eigenvalue weighted by Crippen LogP contribution is -2.06. The second kappa shape index (κ2) is 14.7. The number of hydrogen-bond acceptors (Lipinski definition) is 4. The largest absolute Gasteiger partial charge is 0.309 e. The van der Waals surface area contributed by atoms with Gasteiger partial charge in [-0.2, -0.15) is 9.97 Å². The van der Waals surface area contributed by atoms with Gasteiger partial charge in [0.05, 0.1) is 33.5 Å². The minimum absolute atomic E-state index is 0.571. The fourth-order valence-corrected chi connectivity index (χ4v) is 8.87. The molecule has 0 amide bonds. The Labute approximate surface area is 357 Å². The Morgan fingerprint density at radius 3 is 1.32 bits per heavy atom. The molecule has 0 unspecified atom stereocenters. The zero-order chi connectivity index (χ0) is 41.0. The Hall–Kier alpha value is -8.48. The maximum atomic E-state index is 5.22. The molecule has 0 aliphatic rings. The minimum Gasteiger partial charge on any atom is -0.309 e. The number of nitrogens with zero attached hydrogens (tertiary/aromatic N) is 6. The summed E-state index contributed by atoms with van der Waals surface area (Å²) in [4.78, 5) is 20.6. The van der Waals surface area contributed by atoms with Gasteiger partial charge >= 0.3 is 0 Å². The van der Waals surface area contributed by atoms with Crippen LogP contribution in [-0.4, -0.2) is 29.1 Å². The average molecular weight is 793 g/mol. The van der Waals surface area contributed by atoms with Crippen LogP contribution in [0, 0.1) is 0 Å². The van der Waals surface area contributed by atoms with E-state index in [1.54, 1.807) is 0 Å². The third-order valence-corrected chi connectivity index (χ3v) is 11.8. The van der Waals surface area contributed by atoms with Crippen molar-refractivity contribution < 1.29 is 0 Å². The van der Waals surface area contributed by atoms with Gasteiger partial charge in [-0.15, -0.1) is 0 Å². The van der Waals surface area contributed by atoms with Gasteiger partial charge < -0.3 is 4.57 Å². The molecule has 0 radical (unpaired) electrons. The van der Waals surface area contributed by atoms with Crippen molar-refractivity contribution in [3.63, 3.8) is 0 Å². The van der Waals surface area contributed by atoms with E-state index in [2.05, 4.69) is 161 Å². The number of hydrogen-bond donors (Lipinski definition) is 0. The van der Waals surface area contributed by atoms with Crippen molar-refractivity contribution in [3.8, 4) is 68.1 Å². The smallest absolute Gasteiger partial charge is 0.238 e. The highest BCUT2D eigenvalue weighted by Gasteiger charge is 2.21. The molecular weight excluding hydrogens is 757 g/mol. The van der Waals surface area contributed by atoms with Crippen LogP contribution < -0.4 is 0 Å². The fourth-order valence-electron chi connectivity index (χ4n) is 8.87. The molecular formula is C56H36N6. The molecule has 0 aliphatic carbocycles. The summed E-state index contributed by atoms with van der Waals surface area (Å²) in [6.45, 7) is 0. The van der Waals surface area contributed by atoms with Crippen molar-refractivity contribution in [1.29, 1.82) is 0 Å². The summed E-state index contributed by atoms with van der Waals surface area (Å²) in [5.41, 5.74) is 13.6. The number of aromatic nitrogens is 6. The Bertz CT molecular complexity index is 3570. The molecule has 0 saturated heterocycles. The summed E-state index contributed by atoms with van der Waals surface area (Å²) in [6.07, 6.45) is 0. The molecule has 0 atom stereocenters. The van der Waals surface area contributed by atoms with E-state index in [0.717, 1.165) is 82.9 Å². The van der Waals surface area contributed by atoms with Crippen LogP contribution >= 0.6 is 0 Å². The lowest BCUT2D eigenvalue weighted by Gasteiger charge is -2.12. The van der Waals surface area contributed by atoms with Crippen LogP contribution in [-0.2, 0) is 0 Å². The van der Waals surface area contributed by atoms with Crippen molar-refractivity contribution in [1.82, 2.24) is 29.1 Å². The molecule has 0 spiro atoms. The van der Waals surface area contributed by atoms with Gasteiger partial charge in [-0.1, -0.05) is 164 Å². The summed E-state index contributed by atoms with van der Waals surface area (Å²) < 4.78 is 4.59. The van der Waals surface area contributed by atoms with E-state index in [9.17, 15) is 0 Å². The molecule has 0 N–H and O–H groups in total. The molecule has 8 aromatic carbocycles.